The Labute approximate surface area is 181 Å². The van der Waals surface area contributed by atoms with Crippen LogP contribution in [0.5, 0.6) is 0 Å². The highest BCUT2D eigenvalue weighted by molar-refractivity contribution is 7.09. The van der Waals surface area contributed by atoms with Crippen molar-refractivity contribution in [1.82, 2.24) is 14.8 Å². The van der Waals surface area contributed by atoms with Gasteiger partial charge in [0, 0.05) is 37.5 Å². The highest BCUT2D eigenvalue weighted by atomic mass is 32.1. The molecule has 0 bridgehead atoms. The SMILES string of the molecule is Cc1nc(CN2CCC(C(=O)N(Cc3cccc(F)c3)CC3CCCO3)CC2)cs1. The van der Waals surface area contributed by atoms with Crippen molar-refractivity contribution in [2.24, 2.45) is 5.92 Å². The molecule has 5 nitrogen and oxygen atoms in total. The molecule has 0 N–H and O–H groups in total. The van der Waals surface area contributed by atoms with Crippen LogP contribution < -0.4 is 0 Å². The Morgan fingerprint density at radius 1 is 1.33 bits per heavy atom. The minimum absolute atomic E-state index is 0.0217. The number of aryl methyl sites for hydroxylation is 1. The van der Waals surface area contributed by atoms with E-state index in [1.165, 1.54) is 12.1 Å². The summed E-state index contributed by atoms with van der Waals surface area (Å²) in [4.78, 5) is 22.2. The fourth-order valence-corrected chi connectivity index (χ4v) is 5.03. The Kier molecular flexibility index (Phi) is 7.12. The van der Waals surface area contributed by atoms with E-state index in [1.807, 2.05) is 17.9 Å². The molecule has 0 saturated carbocycles. The number of halogens is 1. The molecule has 1 amide bonds. The zero-order valence-corrected chi connectivity index (χ0v) is 18.4. The molecular formula is C23H30FN3O2S. The van der Waals surface area contributed by atoms with Crippen LogP contribution in [0.1, 0.15) is 41.9 Å². The first-order valence-corrected chi connectivity index (χ1v) is 11.7. The molecule has 7 heteroatoms. The molecule has 1 unspecified atom stereocenters. The summed E-state index contributed by atoms with van der Waals surface area (Å²) in [6.45, 7) is 6.49. The lowest BCUT2D eigenvalue weighted by Crippen LogP contribution is -2.44. The number of amides is 1. The summed E-state index contributed by atoms with van der Waals surface area (Å²) < 4.78 is 19.4. The van der Waals surface area contributed by atoms with E-state index in [-0.39, 0.29) is 23.7 Å². The Bertz CT molecular complexity index is 844. The third kappa shape index (κ3) is 5.65. The van der Waals surface area contributed by atoms with Crippen molar-refractivity contribution in [3.05, 3.63) is 51.7 Å². The van der Waals surface area contributed by atoms with Crippen LogP contribution in [0, 0.1) is 18.7 Å². The van der Waals surface area contributed by atoms with Gasteiger partial charge in [0.2, 0.25) is 5.91 Å². The van der Waals surface area contributed by atoms with Crippen LogP contribution in [0.15, 0.2) is 29.6 Å². The molecule has 0 aliphatic carbocycles. The van der Waals surface area contributed by atoms with Crippen LogP contribution in [-0.4, -0.2) is 53.0 Å². The Morgan fingerprint density at radius 3 is 2.83 bits per heavy atom. The molecule has 2 aliphatic rings. The first kappa shape index (κ1) is 21.4. The number of benzene rings is 1. The number of thiazole rings is 1. The van der Waals surface area contributed by atoms with Crippen molar-refractivity contribution in [2.45, 2.75) is 51.8 Å². The maximum Gasteiger partial charge on any atom is 0.226 e. The summed E-state index contributed by atoms with van der Waals surface area (Å²) in [6, 6.07) is 6.55. The number of hydrogen-bond donors (Lipinski definition) is 0. The Hall–Kier alpha value is -1.83. The van der Waals surface area contributed by atoms with Crippen molar-refractivity contribution in [3.63, 3.8) is 0 Å². The molecule has 1 atom stereocenters. The first-order chi connectivity index (χ1) is 14.6. The van der Waals surface area contributed by atoms with Crippen LogP contribution in [0.3, 0.4) is 0 Å². The summed E-state index contributed by atoms with van der Waals surface area (Å²) in [5, 5.41) is 3.21. The maximum absolute atomic E-state index is 13.7. The molecule has 30 heavy (non-hydrogen) atoms. The minimum atomic E-state index is -0.261. The quantitative estimate of drug-likeness (QED) is 0.665. The van der Waals surface area contributed by atoms with Crippen molar-refractivity contribution < 1.29 is 13.9 Å². The topological polar surface area (TPSA) is 45.7 Å². The van der Waals surface area contributed by atoms with Gasteiger partial charge in [-0.05, 0) is 63.4 Å². The van der Waals surface area contributed by atoms with Gasteiger partial charge in [0.05, 0.1) is 16.8 Å². The third-order valence-electron chi connectivity index (χ3n) is 6.01. The molecule has 2 aliphatic heterocycles. The Morgan fingerprint density at radius 2 is 2.17 bits per heavy atom. The van der Waals surface area contributed by atoms with Crippen LogP contribution in [0.2, 0.25) is 0 Å². The highest BCUT2D eigenvalue weighted by Gasteiger charge is 2.31. The zero-order valence-electron chi connectivity index (χ0n) is 17.6. The number of carbonyl (C=O) groups is 1. The average molecular weight is 432 g/mol. The van der Waals surface area contributed by atoms with Gasteiger partial charge < -0.3 is 9.64 Å². The lowest BCUT2D eigenvalue weighted by molar-refractivity contribution is -0.139. The fraction of sp³-hybridized carbons (Fsp3) is 0.565. The largest absolute Gasteiger partial charge is 0.376 e. The lowest BCUT2D eigenvalue weighted by atomic mass is 9.94. The van der Waals surface area contributed by atoms with Gasteiger partial charge in [-0.15, -0.1) is 11.3 Å². The van der Waals surface area contributed by atoms with Gasteiger partial charge in [-0.25, -0.2) is 9.37 Å². The molecule has 0 radical (unpaired) electrons. The highest BCUT2D eigenvalue weighted by Crippen LogP contribution is 2.24. The molecule has 1 aromatic carbocycles. The molecule has 2 saturated heterocycles. The van der Waals surface area contributed by atoms with Gasteiger partial charge in [0.15, 0.2) is 0 Å². The van der Waals surface area contributed by atoms with Crippen LogP contribution in [0.25, 0.3) is 0 Å². The predicted octanol–water partition coefficient (Wildman–Crippen LogP) is 4.01. The monoisotopic (exact) mass is 431 g/mol. The summed E-state index contributed by atoms with van der Waals surface area (Å²) in [6.07, 6.45) is 3.83. The molecule has 0 spiro atoms. The molecule has 2 fully saturated rings. The van der Waals surface area contributed by atoms with Crippen molar-refractivity contribution in [3.8, 4) is 0 Å². The first-order valence-electron chi connectivity index (χ1n) is 10.8. The number of likely N-dealkylation sites (tertiary alicyclic amines) is 1. The van der Waals surface area contributed by atoms with Gasteiger partial charge in [-0.3, -0.25) is 9.69 Å². The number of ether oxygens (including phenoxy) is 1. The molecule has 1 aromatic heterocycles. The molecule has 162 valence electrons. The standard InChI is InChI=1S/C23H30FN3O2S/c1-17-25-21(16-30-17)14-26-9-7-19(8-10-26)23(28)27(15-22-6-3-11-29-22)13-18-4-2-5-20(24)12-18/h2,4-5,12,16,19,22H,3,6-11,13-15H2,1H3. The molecule has 4 rings (SSSR count). The second-order valence-electron chi connectivity index (χ2n) is 8.39. The van der Waals surface area contributed by atoms with Gasteiger partial charge in [0.1, 0.15) is 5.82 Å². The van der Waals surface area contributed by atoms with E-state index in [4.69, 9.17) is 4.74 Å². The number of nitrogens with zero attached hydrogens (tertiary/aromatic N) is 3. The number of hydrogen-bond acceptors (Lipinski definition) is 5. The van der Waals surface area contributed by atoms with Gasteiger partial charge in [0.25, 0.3) is 0 Å². The predicted molar refractivity (Wildman–Crippen MR) is 116 cm³/mol. The number of aromatic nitrogens is 1. The molecule has 3 heterocycles. The lowest BCUT2D eigenvalue weighted by Gasteiger charge is -2.35. The minimum Gasteiger partial charge on any atom is -0.376 e. The van der Waals surface area contributed by atoms with E-state index in [0.29, 0.717) is 13.1 Å². The van der Waals surface area contributed by atoms with E-state index in [9.17, 15) is 9.18 Å². The van der Waals surface area contributed by atoms with E-state index in [2.05, 4.69) is 15.3 Å². The van der Waals surface area contributed by atoms with Crippen molar-refractivity contribution in [2.75, 3.05) is 26.2 Å². The summed E-state index contributed by atoms with van der Waals surface area (Å²) in [7, 11) is 0. The normalized spacial score (nSPS) is 20.5. The van der Waals surface area contributed by atoms with Gasteiger partial charge in [-0.1, -0.05) is 12.1 Å². The van der Waals surface area contributed by atoms with Crippen LogP contribution in [-0.2, 0) is 22.6 Å². The van der Waals surface area contributed by atoms with E-state index >= 15 is 0 Å². The van der Waals surface area contributed by atoms with Crippen molar-refractivity contribution >= 4 is 17.2 Å². The van der Waals surface area contributed by atoms with Gasteiger partial charge >= 0.3 is 0 Å². The summed E-state index contributed by atoms with van der Waals surface area (Å²) >= 11 is 1.68. The third-order valence-corrected chi connectivity index (χ3v) is 6.83. The smallest absolute Gasteiger partial charge is 0.226 e. The summed E-state index contributed by atoms with van der Waals surface area (Å²) in [5.74, 6) is -0.0603. The Balaban J connectivity index is 1.37. The summed E-state index contributed by atoms with van der Waals surface area (Å²) in [5.41, 5.74) is 1.95. The number of piperidine rings is 1. The second-order valence-corrected chi connectivity index (χ2v) is 9.45. The van der Waals surface area contributed by atoms with Crippen LogP contribution >= 0.6 is 11.3 Å². The van der Waals surface area contributed by atoms with E-state index in [1.54, 1.807) is 17.4 Å². The average Bonchev–Trinajstić information content (AvgIpc) is 3.39. The number of carbonyl (C=O) groups excluding carboxylic acids is 1. The van der Waals surface area contributed by atoms with Crippen molar-refractivity contribution in [1.29, 1.82) is 0 Å². The van der Waals surface area contributed by atoms with Gasteiger partial charge in [-0.2, -0.15) is 0 Å². The second kappa shape index (κ2) is 9.98. The van der Waals surface area contributed by atoms with Crippen LogP contribution in [0.4, 0.5) is 4.39 Å². The molecule has 2 aromatic rings. The van der Waals surface area contributed by atoms with E-state index < -0.39 is 0 Å². The molecular weight excluding hydrogens is 401 g/mol. The fourth-order valence-electron chi connectivity index (χ4n) is 4.43. The van der Waals surface area contributed by atoms with E-state index in [0.717, 1.165) is 68.2 Å². The zero-order chi connectivity index (χ0) is 20.9. The number of rotatable bonds is 7. The maximum atomic E-state index is 13.7.